The molecule has 0 aromatic carbocycles. The number of ether oxygens (including phenoxy) is 2. The van der Waals surface area contributed by atoms with Gasteiger partial charge >= 0.3 is 5.97 Å². The van der Waals surface area contributed by atoms with E-state index < -0.39 is 11.9 Å². The fraction of sp³-hybridized carbons (Fsp3) is 0.812. The van der Waals surface area contributed by atoms with E-state index in [0.717, 1.165) is 12.8 Å². The molecule has 1 saturated heterocycles. The maximum Gasteiger partial charge on any atom is 0.338 e. The van der Waals surface area contributed by atoms with Gasteiger partial charge in [-0.2, -0.15) is 0 Å². The minimum Gasteiger partial charge on any atom is -0.432 e. The second-order valence-corrected chi connectivity index (χ2v) is 5.89. The molecule has 3 nitrogen and oxygen atoms in total. The lowest BCUT2D eigenvalue weighted by Gasteiger charge is -2.17. The van der Waals surface area contributed by atoms with E-state index in [1.165, 1.54) is 25.7 Å². The van der Waals surface area contributed by atoms with Gasteiger partial charge < -0.3 is 9.47 Å². The third-order valence-corrected chi connectivity index (χ3v) is 3.41. The standard InChI is InChI=1S/C16H28O3/c1-5-6-7-8-9-10-11-12-13(2)14-15(17)19-16(3,4)18-14/h10-11,13-14H,5-9,12H2,1-4H3/t13-,14+/m1/s1. The van der Waals surface area contributed by atoms with E-state index in [4.69, 9.17) is 9.47 Å². The summed E-state index contributed by atoms with van der Waals surface area (Å²) in [7, 11) is 0. The Balaban J connectivity index is 2.22. The molecule has 1 fully saturated rings. The number of cyclic esters (lactones) is 1. The van der Waals surface area contributed by atoms with E-state index in [2.05, 4.69) is 19.1 Å². The highest BCUT2D eigenvalue weighted by molar-refractivity contribution is 5.77. The van der Waals surface area contributed by atoms with Gasteiger partial charge in [0.2, 0.25) is 5.79 Å². The van der Waals surface area contributed by atoms with Gasteiger partial charge in [0, 0.05) is 13.8 Å². The molecule has 0 aliphatic carbocycles. The molecule has 0 amide bonds. The maximum absolute atomic E-state index is 11.7. The van der Waals surface area contributed by atoms with Crippen LogP contribution in [-0.2, 0) is 14.3 Å². The van der Waals surface area contributed by atoms with Gasteiger partial charge in [-0.05, 0) is 25.2 Å². The fourth-order valence-corrected chi connectivity index (χ4v) is 2.27. The monoisotopic (exact) mass is 268 g/mol. The summed E-state index contributed by atoms with van der Waals surface area (Å²) in [4.78, 5) is 11.7. The highest BCUT2D eigenvalue weighted by Gasteiger charge is 2.43. The minimum absolute atomic E-state index is 0.168. The van der Waals surface area contributed by atoms with Crippen LogP contribution in [0.5, 0.6) is 0 Å². The summed E-state index contributed by atoms with van der Waals surface area (Å²) in [5.41, 5.74) is 0. The van der Waals surface area contributed by atoms with Crippen molar-refractivity contribution in [1.82, 2.24) is 0 Å². The normalized spacial score (nSPS) is 23.8. The van der Waals surface area contributed by atoms with E-state index in [0.29, 0.717) is 0 Å². The summed E-state index contributed by atoms with van der Waals surface area (Å²) in [6, 6.07) is 0. The van der Waals surface area contributed by atoms with Crippen LogP contribution >= 0.6 is 0 Å². The lowest BCUT2D eigenvalue weighted by atomic mass is 10.0. The first-order valence-electron chi connectivity index (χ1n) is 7.52. The van der Waals surface area contributed by atoms with Crippen molar-refractivity contribution in [3.63, 3.8) is 0 Å². The highest BCUT2D eigenvalue weighted by atomic mass is 16.8. The van der Waals surface area contributed by atoms with Gasteiger partial charge in [0.05, 0.1) is 0 Å². The van der Waals surface area contributed by atoms with E-state index in [-0.39, 0.29) is 11.9 Å². The predicted octanol–water partition coefficient (Wildman–Crippen LogP) is 4.22. The van der Waals surface area contributed by atoms with E-state index >= 15 is 0 Å². The molecule has 110 valence electrons. The van der Waals surface area contributed by atoms with Gasteiger partial charge in [-0.1, -0.05) is 45.3 Å². The summed E-state index contributed by atoms with van der Waals surface area (Å²) in [5.74, 6) is -0.824. The SMILES string of the molecule is CCCCCCC=CC[C@@H](C)[C@@H]1OC(C)(C)OC1=O. The molecule has 0 radical (unpaired) electrons. The molecule has 1 aliphatic heterocycles. The van der Waals surface area contributed by atoms with Crippen molar-refractivity contribution in [2.75, 3.05) is 0 Å². The number of esters is 1. The van der Waals surface area contributed by atoms with Crippen LogP contribution in [0.1, 0.15) is 66.2 Å². The number of allylic oxidation sites excluding steroid dienone is 2. The van der Waals surface area contributed by atoms with Crippen LogP contribution in [0.4, 0.5) is 0 Å². The fourth-order valence-electron chi connectivity index (χ4n) is 2.27. The molecule has 0 saturated carbocycles. The number of hydrogen-bond acceptors (Lipinski definition) is 3. The Morgan fingerprint density at radius 3 is 2.58 bits per heavy atom. The first kappa shape index (κ1) is 16.2. The third-order valence-electron chi connectivity index (χ3n) is 3.41. The van der Waals surface area contributed by atoms with Crippen LogP contribution in [0.2, 0.25) is 0 Å². The molecule has 19 heavy (non-hydrogen) atoms. The van der Waals surface area contributed by atoms with Crippen molar-refractivity contribution in [3.8, 4) is 0 Å². The maximum atomic E-state index is 11.7. The first-order valence-corrected chi connectivity index (χ1v) is 7.52. The molecule has 3 heteroatoms. The quantitative estimate of drug-likeness (QED) is 0.375. The van der Waals surface area contributed by atoms with Crippen molar-refractivity contribution >= 4 is 5.97 Å². The van der Waals surface area contributed by atoms with Gasteiger partial charge in [0.15, 0.2) is 6.10 Å². The van der Waals surface area contributed by atoms with Gasteiger partial charge in [-0.25, -0.2) is 4.79 Å². The van der Waals surface area contributed by atoms with E-state index in [1.807, 2.05) is 6.92 Å². The van der Waals surface area contributed by atoms with Gasteiger partial charge in [0.1, 0.15) is 0 Å². The van der Waals surface area contributed by atoms with Crippen molar-refractivity contribution in [2.24, 2.45) is 5.92 Å². The predicted molar refractivity (Wildman–Crippen MR) is 76.7 cm³/mol. The number of unbranched alkanes of at least 4 members (excludes halogenated alkanes) is 4. The highest BCUT2D eigenvalue weighted by Crippen LogP contribution is 2.29. The molecule has 0 N–H and O–H groups in total. The van der Waals surface area contributed by atoms with Crippen molar-refractivity contribution in [3.05, 3.63) is 12.2 Å². The third kappa shape index (κ3) is 5.77. The number of rotatable bonds is 8. The average Bonchev–Trinajstić information content (AvgIpc) is 2.61. The molecule has 0 bridgehead atoms. The molecule has 2 atom stereocenters. The lowest BCUT2D eigenvalue weighted by Crippen LogP contribution is -2.26. The summed E-state index contributed by atoms with van der Waals surface area (Å²) >= 11 is 0. The molecule has 0 aromatic rings. The van der Waals surface area contributed by atoms with Gasteiger partial charge in [0.25, 0.3) is 0 Å². The number of carbonyl (C=O) groups excluding carboxylic acids is 1. The summed E-state index contributed by atoms with van der Waals surface area (Å²) in [6.07, 6.45) is 11.1. The lowest BCUT2D eigenvalue weighted by molar-refractivity contribution is -0.161. The minimum atomic E-state index is -0.764. The van der Waals surface area contributed by atoms with Crippen molar-refractivity contribution < 1.29 is 14.3 Å². The summed E-state index contributed by atoms with van der Waals surface area (Å²) in [6.45, 7) is 7.82. The Morgan fingerprint density at radius 1 is 1.26 bits per heavy atom. The van der Waals surface area contributed by atoms with Crippen LogP contribution in [-0.4, -0.2) is 17.9 Å². The molecule has 0 unspecified atom stereocenters. The molecule has 0 aromatic heterocycles. The zero-order valence-electron chi connectivity index (χ0n) is 12.8. The first-order chi connectivity index (χ1) is 8.96. The van der Waals surface area contributed by atoms with Gasteiger partial charge in [-0.3, -0.25) is 0 Å². The summed E-state index contributed by atoms with van der Waals surface area (Å²) < 4.78 is 10.8. The molecule has 1 heterocycles. The zero-order valence-corrected chi connectivity index (χ0v) is 12.8. The van der Waals surface area contributed by atoms with Crippen LogP contribution in [0.3, 0.4) is 0 Å². The van der Waals surface area contributed by atoms with E-state index in [9.17, 15) is 4.79 Å². The largest absolute Gasteiger partial charge is 0.432 e. The van der Waals surface area contributed by atoms with Gasteiger partial charge in [-0.15, -0.1) is 0 Å². The second kappa shape index (κ2) is 7.68. The van der Waals surface area contributed by atoms with Crippen molar-refractivity contribution in [2.45, 2.75) is 78.1 Å². The molecule has 0 spiro atoms. The Morgan fingerprint density at radius 2 is 2.00 bits per heavy atom. The Labute approximate surface area is 117 Å². The topological polar surface area (TPSA) is 35.5 Å². The average molecular weight is 268 g/mol. The molecule has 1 aliphatic rings. The zero-order chi connectivity index (χ0) is 14.3. The summed E-state index contributed by atoms with van der Waals surface area (Å²) in [5, 5.41) is 0. The van der Waals surface area contributed by atoms with E-state index in [1.54, 1.807) is 13.8 Å². The molecule has 1 rings (SSSR count). The Kier molecular flexibility index (Phi) is 6.56. The molecular formula is C16H28O3. The number of carbonyl (C=O) groups is 1. The van der Waals surface area contributed by atoms with Crippen molar-refractivity contribution in [1.29, 1.82) is 0 Å². The molecular weight excluding hydrogens is 240 g/mol. The second-order valence-electron chi connectivity index (χ2n) is 5.89. The Bertz CT molecular complexity index is 307. The van der Waals surface area contributed by atoms with Crippen LogP contribution in [0, 0.1) is 5.92 Å². The van der Waals surface area contributed by atoms with Crippen LogP contribution in [0.15, 0.2) is 12.2 Å². The van der Waals surface area contributed by atoms with Crippen LogP contribution in [0.25, 0.3) is 0 Å². The smallest absolute Gasteiger partial charge is 0.338 e. The van der Waals surface area contributed by atoms with Crippen LogP contribution < -0.4 is 0 Å². The Hall–Kier alpha value is -0.830. The number of hydrogen-bond donors (Lipinski definition) is 0.